The van der Waals surface area contributed by atoms with Crippen molar-refractivity contribution in [1.82, 2.24) is 5.43 Å². The highest BCUT2D eigenvalue weighted by Crippen LogP contribution is 2.38. The van der Waals surface area contributed by atoms with Gasteiger partial charge in [0.05, 0.1) is 27.0 Å². The molecule has 0 saturated carbocycles. The van der Waals surface area contributed by atoms with Crippen LogP contribution in [0.25, 0.3) is 0 Å². The first-order chi connectivity index (χ1) is 9.19. The van der Waals surface area contributed by atoms with E-state index in [0.29, 0.717) is 23.0 Å². The van der Waals surface area contributed by atoms with Crippen LogP contribution in [0.4, 0.5) is 4.79 Å². The predicted molar refractivity (Wildman–Crippen MR) is 73.6 cm³/mol. The second-order valence-corrected chi connectivity index (χ2v) is 4.61. The van der Waals surface area contributed by atoms with E-state index in [2.05, 4.69) is 10.5 Å². The minimum Gasteiger partial charge on any atom is -0.493 e. The Bertz CT molecular complexity index is 505. The van der Waals surface area contributed by atoms with Crippen LogP contribution in [0, 0.1) is 0 Å². The molecule has 1 N–H and O–H groups in total. The molecule has 1 aliphatic heterocycles. The predicted octanol–water partition coefficient (Wildman–Crippen LogP) is 1.87. The highest BCUT2D eigenvalue weighted by atomic mass is 32.2. The number of hydrazone groups is 1. The van der Waals surface area contributed by atoms with Crippen molar-refractivity contribution in [1.29, 1.82) is 0 Å². The molecule has 7 heteroatoms. The standard InChI is InChI=1S/C12H14N2O4S/c1-16-9-4-7(5-10(17-2)11(9)18-3)8-6-19-12(15)14-13-8/h4-5H,6H2,1-3H3,(H,14,15). The van der Waals surface area contributed by atoms with Crippen LogP contribution in [0.5, 0.6) is 17.2 Å². The first-order valence-electron chi connectivity index (χ1n) is 5.49. The first kappa shape index (κ1) is 13.5. The van der Waals surface area contributed by atoms with Crippen LogP contribution in [-0.2, 0) is 0 Å². The lowest BCUT2D eigenvalue weighted by Crippen LogP contribution is -2.23. The number of rotatable bonds is 4. The van der Waals surface area contributed by atoms with Gasteiger partial charge in [-0.3, -0.25) is 4.79 Å². The number of carbonyl (C=O) groups excluding carboxylic acids is 1. The number of methoxy groups -OCH3 is 3. The average molecular weight is 282 g/mol. The van der Waals surface area contributed by atoms with Gasteiger partial charge in [-0.25, -0.2) is 5.43 Å². The Hall–Kier alpha value is -1.89. The molecule has 1 aromatic rings. The SMILES string of the molecule is COc1cc(C2=NNC(=O)SC2)cc(OC)c1OC. The molecule has 0 saturated heterocycles. The minimum atomic E-state index is -0.156. The Kier molecular flexibility index (Phi) is 4.16. The number of thioether (sulfide) groups is 1. The lowest BCUT2D eigenvalue weighted by atomic mass is 10.1. The summed E-state index contributed by atoms with van der Waals surface area (Å²) in [5.41, 5.74) is 4.01. The lowest BCUT2D eigenvalue weighted by molar-refractivity contribution is 0.261. The van der Waals surface area contributed by atoms with Gasteiger partial charge in [0.2, 0.25) is 5.75 Å². The average Bonchev–Trinajstić information content (AvgIpc) is 2.46. The van der Waals surface area contributed by atoms with E-state index in [4.69, 9.17) is 14.2 Å². The molecule has 1 aromatic carbocycles. The van der Waals surface area contributed by atoms with Gasteiger partial charge in [-0.2, -0.15) is 5.10 Å². The molecule has 0 radical (unpaired) electrons. The van der Waals surface area contributed by atoms with Crippen molar-refractivity contribution in [2.24, 2.45) is 5.10 Å². The Labute approximate surface area is 115 Å². The van der Waals surface area contributed by atoms with Gasteiger partial charge in [0.1, 0.15) is 0 Å². The number of benzene rings is 1. The molecular formula is C12H14N2O4S. The van der Waals surface area contributed by atoms with Crippen molar-refractivity contribution in [3.63, 3.8) is 0 Å². The summed E-state index contributed by atoms with van der Waals surface area (Å²) < 4.78 is 15.8. The maximum atomic E-state index is 11.1. The molecular weight excluding hydrogens is 268 g/mol. The van der Waals surface area contributed by atoms with Gasteiger partial charge in [0.25, 0.3) is 5.24 Å². The zero-order valence-electron chi connectivity index (χ0n) is 10.9. The minimum absolute atomic E-state index is 0.156. The molecule has 0 atom stereocenters. The normalized spacial score (nSPS) is 14.5. The van der Waals surface area contributed by atoms with E-state index in [9.17, 15) is 4.79 Å². The van der Waals surface area contributed by atoms with E-state index in [-0.39, 0.29) is 5.24 Å². The number of carbonyl (C=O) groups is 1. The topological polar surface area (TPSA) is 69.2 Å². The fraction of sp³-hybridized carbons (Fsp3) is 0.333. The van der Waals surface area contributed by atoms with E-state index in [1.54, 1.807) is 33.5 Å². The van der Waals surface area contributed by atoms with Gasteiger partial charge in [0.15, 0.2) is 11.5 Å². The summed E-state index contributed by atoms with van der Waals surface area (Å²) in [5, 5.41) is 3.88. The molecule has 1 heterocycles. The second-order valence-electron chi connectivity index (χ2n) is 3.66. The van der Waals surface area contributed by atoms with Gasteiger partial charge in [-0.1, -0.05) is 11.8 Å². The summed E-state index contributed by atoms with van der Waals surface area (Å²) in [6.07, 6.45) is 0. The van der Waals surface area contributed by atoms with Crippen molar-refractivity contribution in [2.45, 2.75) is 0 Å². The van der Waals surface area contributed by atoms with E-state index in [0.717, 1.165) is 23.0 Å². The Morgan fingerprint density at radius 1 is 1.16 bits per heavy atom. The summed E-state index contributed by atoms with van der Waals surface area (Å²) in [7, 11) is 4.66. The van der Waals surface area contributed by atoms with Crippen LogP contribution < -0.4 is 19.6 Å². The van der Waals surface area contributed by atoms with Crippen LogP contribution in [0.2, 0.25) is 0 Å². The number of amides is 1. The number of nitrogens with one attached hydrogen (secondary N) is 1. The smallest absolute Gasteiger partial charge is 0.299 e. The number of ether oxygens (including phenoxy) is 3. The van der Waals surface area contributed by atoms with Crippen molar-refractivity contribution in [3.05, 3.63) is 17.7 Å². The molecule has 0 aromatic heterocycles. The molecule has 0 bridgehead atoms. The monoisotopic (exact) mass is 282 g/mol. The van der Waals surface area contributed by atoms with Gasteiger partial charge < -0.3 is 14.2 Å². The molecule has 1 amide bonds. The number of hydrogen-bond acceptors (Lipinski definition) is 6. The summed E-state index contributed by atoms with van der Waals surface area (Å²) >= 11 is 1.16. The molecule has 0 spiro atoms. The Balaban J connectivity index is 2.44. The van der Waals surface area contributed by atoms with Crippen LogP contribution >= 0.6 is 11.8 Å². The second kappa shape index (κ2) is 5.83. The third kappa shape index (κ3) is 2.76. The van der Waals surface area contributed by atoms with E-state index >= 15 is 0 Å². The van der Waals surface area contributed by atoms with E-state index in [1.807, 2.05) is 0 Å². The van der Waals surface area contributed by atoms with Gasteiger partial charge >= 0.3 is 0 Å². The van der Waals surface area contributed by atoms with Crippen LogP contribution in [0.1, 0.15) is 5.56 Å². The van der Waals surface area contributed by atoms with Crippen molar-refractivity contribution in [3.8, 4) is 17.2 Å². The Morgan fingerprint density at radius 3 is 2.21 bits per heavy atom. The fourth-order valence-electron chi connectivity index (χ4n) is 1.71. The molecule has 0 unspecified atom stereocenters. The van der Waals surface area contributed by atoms with Crippen LogP contribution in [0.3, 0.4) is 0 Å². The molecule has 2 rings (SSSR count). The zero-order chi connectivity index (χ0) is 13.8. The molecule has 0 fully saturated rings. The maximum Gasteiger partial charge on any atom is 0.299 e. The third-order valence-electron chi connectivity index (χ3n) is 2.62. The van der Waals surface area contributed by atoms with Crippen molar-refractivity contribution < 1.29 is 19.0 Å². The summed E-state index contributed by atoms with van der Waals surface area (Å²) in [5.74, 6) is 2.15. The molecule has 0 aliphatic carbocycles. The molecule has 6 nitrogen and oxygen atoms in total. The highest BCUT2D eigenvalue weighted by molar-refractivity contribution is 8.14. The Morgan fingerprint density at radius 2 is 1.79 bits per heavy atom. The summed E-state index contributed by atoms with van der Waals surface area (Å²) in [4.78, 5) is 11.1. The number of hydrogen-bond donors (Lipinski definition) is 1. The summed E-state index contributed by atoms with van der Waals surface area (Å²) in [6, 6.07) is 3.61. The van der Waals surface area contributed by atoms with E-state index in [1.165, 1.54) is 0 Å². The third-order valence-corrected chi connectivity index (χ3v) is 3.39. The molecule has 102 valence electrons. The maximum absolute atomic E-state index is 11.1. The zero-order valence-corrected chi connectivity index (χ0v) is 11.7. The van der Waals surface area contributed by atoms with Gasteiger partial charge in [-0.15, -0.1) is 0 Å². The number of nitrogens with zero attached hydrogens (tertiary/aromatic N) is 1. The van der Waals surface area contributed by atoms with Gasteiger partial charge in [0, 0.05) is 11.3 Å². The molecule has 1 aliphatic rings. The van der Waals surface area contributed by atoms with Crippen molar-refractivity contribution >= 4 is 22.7 Å². The van der Waals surface area contributed by atoms with Crippen LogP contribution in [0.15, 0.2) is 17.2 Å². The largest absolute Gasteiger partial charge is 0.493 e. The van der Waals surface area contributed by atoms with Gasteiger partial charge in [-0.05, 0) is 12.1 Å². The molecule has 19 heavy (non-hydrogen) atoms. The highest BCUT2D eigenvalue weighted by Gasteiger charge is 2.19. The quantitative estimate of drug-likeness (QED) is 0.913. The summed E-state index contributed by atoms with van der Waals surface area (Å²) in [6.45, 7) is 0. The van der Waals surface area contributed by atoms with E-state index < -0.39 is 0 Å². The van der Waals surface area contributed by atoms with Crippen molar-refractivity contribution in [2.75, 3.05) is 27.1 Å². The lowest BCUT2D eigenvalue weighted by Gasteiger charge is -2.16. The fourth-order valence-corrected chi connectivity index (χ4v) is 2.32. The van der Waals surface area contributed by atoms with Crippen LogP contribution in [-0.4, -0.2) is 38.0 Å². The first-order valence-corrected chi connectivity index (χ1v) is 6.48.